The van der Waals surface area contributed by atoms with Gasteiger partial charge in [0.2, 0.25) is 0 Å². The van der Waals surface area contributed by atoms with Crippen molar-refractivity contribution < 1.29 is 4.79 Å². The molecule has 0 atom stereocenters. The summed E-state index contributed by atoms with van der Waals surface area (Å²) in [4.78, 5) is 19.5. The molecule has 0 saturated carbocycles. The lowest BCUT2D eigenvalue weighted by Gasteiger charge is -1.91. The molecule has 0 amide bonds. The lowest BCUT2D eigenvalue weighted by atomic mass is 10.3. The molecule has 2 heterocycles. The molecule has 0 radical (unpaired) electrons. The number of aldehydes is 1. The molecular weight excluding hydrogens is 184 g/mol. The summed E-state index contributed by atoms with van der Waals surface area (Å²) in [6.45, 7) is 0. The third kappa shape index (κ3) is 1.62. The molecule has 64 valence electrons. The molecule has 2 aromatic rings. The number of carbonyl (C=O) groups excluding carboxylic acids is 1. The number of aromatic nitrogens is 2. The van der Waals surface area contributed by atoms with Crippen LogP contribution < -0.4 is 0 Å². The quantitative estimate of drug-likeness (QED) is 0.680. The van der Waals surface area contributed by atoms with Crippen molar-refractivity contribution in [2.45, 2.75) is 0 Å². The van der Waals surface area contributed by atoms with Gasteiger partial charge in [0, 0.05) is 23.3 Å². The van der Waals surface area contributed by atoms with E-state index in [0.29, 0.717) is 11.4 Å². The SMILES string of the molecule is O=Cc1csc(-c2ncccn2)c1. The Morgan fingerprint density at radius 2 is 2.08 bits per heavy atom. The van der Waals surface area contributed by atoms with Gasteiger partial charge in [-0.05, 0) is 12.1 Å². The van der Waals surface area contributed by atoms with Crippen molar-refractivity contribution in [2.24, 2.45) is 0 Å². The van der Waals surface area contributed by atoms with E-state index >= 15 is 0 Å². The zero-order chi connectivity index (χ0) is 9.10. The standard InChI is InChI=1S/C9H6N2OS/c12-5-7-4-8(13-6-7)9-10-2-1-3-11-9/h1-6H. The van der Waals surface area contributed by atoms with Crippen LogP contribution in [0.4, 0.5) is 0 Å². The first-order valence-corrected chi connectivity index (χ1v) is 4.59. The first-order valence-electron chi connectivity index (χ1n) is 3.71. The second-order valence-corrected chi connectivity index (χ2v) is 3.35. The average molecular weight is 190 g/mol. The summed E-state index contributed by atoms with van der Waals surface area (Å²) < 4.78 is 0. The van der Waals surface area contributed by atoms with E-state index in [0.717, 1.165) is 11.2 Å². The predicted molar refractivity (Wildman–Crippen MR) is 50.7 cm³/mol. The normalized spacial score (nSPS) is 9.85. The van der Waals surface area contributed by atoms with Gasteiger partial charge in [0.1, 0.15) is 0 Å². The van der Waals surface area contributed by atoms with Crippen LogP contribution in [0.25, 0.3) is 10.7 Å². The average Bonchev–Trinajstić information content (AvgIpc) is 2.67. The lowest BCUT2D eigenvalue weighted by molar-refractivity contribution is 0.112. The molecule has 2 aromatic heterocycles. The Labute approximate surface area is 79.1 Å². The molecule has 3 nitrogen and oxygen atoms in total. The van der Waals surface area contributed by atoms with E-state index in [2.05, 4.69) is 9.97 Å². The van der Waals surface area contributed by atoms with Crippen molar-refractivity contribution >= 4 is 17.6 Å². The van der Waals surface area contributed by atoms with Crippen LogP contribution in [0, 0.1) is 0 Å². The minimum absolute atomic E-state index is 0.667. The van der Waals surface area contributed by atoms with Gasteiger partial charge in [0.25, 0.3) is 0 Å². The fourth-order valence-electron chi connectivity index (χ4n) is 0.956. The highest BCUT2D eigenvalue weighted by Crippen LogP contribution is 2.22. The fourth-order valence-corrected chi connectivity index (χ4v) is 1.76. The summed E-state index contributed by atoms with van der Waals surface area (Å²) in [6.07, 6.45) is 4.19. The summed E-state index contributed by atoms with van der Waals surface area (Å²) in [5, 5.41) is 1.79. The van der Waals surface area contributed by atoms with Gasteiger partial charge in [-0.3, -0.25) is 4.79 Å². The van der Waals surface area contributed by atoms with Crippen LogP contribution in [-0.4, -0.2) is 16.3 Å². The van der Waals surface area contributed by atoms with Crippen molar-refractivity contribution in [1.29, 1.82) is 0 Å². The summed E-state index contributed by atoms with van der Waals surface area (Å²) in [6, 6.07) is 3.55. The van der Waals surface area contributed by atoms with E-state index in [1.807, 2.05) is 0 Å². The Kier molecular flexibility index (Phi) is 2.14. The zero-order valence-electron chi connectivity index (χ0n) is 6.68. The first kappa shape index (κ1) is 8.07. The highest BCUT2D eigenvalue weighted by Gasteiger charge is 2.02. The summed E-state index contributed by atoms with van der Waals surface area (Å²) in [5.74, 6) is 0.667. The van der Waals surface area contributed by atoms with Gasteiger partial charge in [-0.25, -0.2) is 9.97 Å². The van der Waals surface area contributed by atoms with E-state index in [4.69, 9.17) is 0 Å². The van der Waals surface area contributed by atoms with Gasteiger partial charge >= 0.3 is 0 Å². The smallest absolute Gasteiger partial charge is 0.169 e. The molecule has 0 aromatic carbocycles. The van der Waals surface area contributed by atoms with Crippen LogP contribution in [0.3, 0.4) is 0 Å². The van der Waals surface area contributed by atoms with Crippen molar-refractivity contribution in [3.63, 3.8) is 0 Å². The van der Waals surface area contributed by atoms with Crippen molar-refractivity contribution in [3.8, 4) is 10.7 Å². The van der Waals surface area contributed by atoms with Gasteiger partial charge < -0.3 is 0 Å². The van der Waals surface area contributed by atoms with E-state index in [-0.39, 0.29) is 0 Å². The lowest BCUT2D eigenvalue weighted by Crippen LogP contribution is -1.82. The third-order valence-electron chi connectivity index (χ3n) is 1.54. The Balaban J connectivity index is 2.41. The second kappa shape index (κ2) is 3.45. The molecule has 0 aliphatic rings. The van der Waals surface area contributed by atoms with Crippen molar-refractivity contribution in [1.82, 2.24) is 9.97 Å². The van der Waals surface area contributed by atoms with E-state index < -0.39 is 0 Å². The molecule has 2 rings (SSSR count). The third-order valence-corrected chi connectivity index (χ3v) is 2.49. The maximum absolute atomic E-state index is 10.4. The number of hydrogen-bond donors (Lipinski definition) is 0. The molecule has 13 heavy (non-hydrogen) atoms. The van der Waals surface area contributed by atoms with Crippen LogP contribution in [0.1, 0.15) is 10.4 Å². The maximum atomic E-state index is 10.4. The van der Waals surface area contributed by atoms with Gasteiger partial charge in [0.05, 0.1) is 4.88 Å². The van der Waals surface area contributed by atoms with E-state index in [9.17, 15) is 4.79 Å². The Bertz CT molecular complexity index is 411. The number of hydrogen-bond acceptors (Lipinski definition) is 4. The minimum Gasteiger partial charge on any atom is -0.298 e. The van der Waals surface area contributed by atoms with Crippen LogP contribution >= 0.6 is 11.3 Å². The summed E-state index contributed by atoms with van der Waals surface area (Å²) >= 11 is 1.47. The molecule has 0 unspecified atom stereocenters. The summed E-state index contributed by atoms with van der Waals surface area (Å²) in [5.41, 5.74) is 0.674. The summed E-state index contributed by atoms with van der Waals surface area (Å²) in [7, 11) is 0. The molecule has 0 saturated heterocycles. The van der Waals surface area contributed by atoms with Crippen LogP contribution in [0.2, 0.25) is 0 Å². The van der Waals surface area contributed by atoms with E-state index in [1.54, 1.807) is 29.9 Å². The van der Waals surface area contributed by atoms with Crippen molar-refractivity contribution in [3.05, 3.63) is 35.5 Å². The van der Waals surface area contributed by atoms with Crippen LogP contribution in [0.15, 0.2) is 29.9 Å². The number of carbonyl (C=O) groups is 1. The predicted octanol–water partition coefficient (Wildman–Crippen LogP) is 2.02. The first-order chi connectivity index (χ1) is 6.40. The van der Waals surface area contributed by atoms with Crippen LogP contribution in [-0.2, 0) is 0 Å². The molecule has 4 heteroatoms. The zero-order valence-corrected chi connectivity index (χ0v) is 7.49. The molecule has 0 aliphatic heterocycles. The Hall–Kier alpha value is -1.55. The van der Waals surface area contributed by atoms with Gasteiger partial charge in [-0.15, -0.1) is 11.3 Å². The topological polar surface area (TPSA) is 42.9 Å². The Morgan fingerprint density at radius 1 is 1.31 bits per heavy atom. The molecular formula is C9H6N2OS. The van der Waals surface area contributed by atoms with Gasteiger partial charge in [0.15, 0.2) is 12.1 Å². The van der Waals surface area contributed by atoms with E-state index in [1.165, 1.54) is 11.3 Å². The molecule has 0 fully saturated rings. The van der Waals surface area contributed by atoms with Crippen LogP contribution in [0.5, 0.6) is 0 Å². The van der Waals surface area contributed by atoms with Crippen molar-refractivity contribution in [2.75, 3.05) is 0 Å². The number of rotatable bonds is 2. The number of nitrogens with zero attached hydrogens (tertiary/aromatic N) is 2. The maximum Gasteiger partial charge on any atom is 0.169 e. The highest BCUT2D eigenvalue weighted by atomic mass is 32.1. The molecule has 0 N–H and O–H groups in total. The van der Waals surface area contributed by atoms with Gasteiger partial charge in [-0.1, -0.05) is 0 Å². The van der Waals surface area contributed by atoms with Gasteiger partial charge in [-0.2, -0.15) is 0 Å². The molecule has 0 bridgehead atoms. The molecule has 0 aliphatic carbocycles. The monoisotopic (exact) mass is 190 g/mol. The fraction of sp³-hybridized carbons (Fsp3) is 0. The minimum atomic E-state index is 0.667. The highest BCUT2D eigenvalue weighted by molar-refractivity contribution is 7.13. The number of thiophene rings is 1. The molecule has 0 spiro atoms. The Morgan fingerprint density at radius 3 is 2.69 bits per heavy atom. The largest absolute Gasteiger partial charge is 0.298 e. The second-order valence-electron chi connectivity index (χ2n) is 2.43.